The number of hydrogen-bond acceptors (Lipinski definition) is 10. The Bertz CT molecular complexity index is 2760. The summed E-state index contributed by atoms with van der Waals surface area (Å²) in [6.45, 7) is 8.45. The number of methoxy groups -OCH3 is 2. The Balaban J connectivity index is 0.975. The fraction of sp³-hybridized carbons (Fsp3) is 0.490. The van der Waals surface area contributed by atoms with Crippen molar-refractivity contribution >= 4 is 45.5 Å². The molecule has 2 saturated heterocycles. The van der Waals surface area contributed by atoms with E-state index in [1.54, 1.807) is 11.0 Å². The minimum atomic E-state index is -4.09. The highest BCUT2D eigenvalue weighted by Crippen LogP contribution is 2.53. The largest absolute Gasteiger partial charge is 0.453 e. The number of carbonyl (C=O) groups is 4. The maximum atomic E-state index is 13.9. The molecule has 3 aromatic carbocycles. The number of hydrogen-bond donors (Lipinski definition) is 4. The molecule has 16 nitrogen and oxygen atoms in total. The summed E-state index contributed by atoms with van der Waals surface area (Å²) in [5.74, 6) is 0.0817. The zero-order valence-electron chi connectivity index (χ0n) is 39.7. The number of nitrogens with one attached hydrogen (secondary N) is 4. The predicted octanol–water partition coefficient (Wildman–Crippen LogP) is 8.00. The highest BCUT2D eigenvalue weighted by atomic mass is 32.2. The van der Waals surface area contributed by atoms with E-state index in [2.05, 4.69) is 61.7 Å². The number of aromatic nitrogens is 2. The van der Waals surface area contributed by atoms with Crippen LogP contribution in [0.25, 0.3) is 33.5 Å². The number of benzene rings is 3. The second-order valence-corrected chi connectivity index (χ2v) is 21.4. The first-order valence-corrected chi connectivity index (χ1v) is 25.4. The van der Waals surface area contributed by atoms with Crippen molar-refractivity contribution in [1.29, 1.82) is 0 Å². The molecule has 4 amide bonds. The van der Waals surface area contributed by atoms with Gasteiger partial charge >= 0.3 is 12.2 Å². The van der Waals surface area contributed by atoms with E-state index in [1.165, 1.54) is 56.6 Å². The molecule has 1 saturated carbocycles. The van der Waals surface area contributed by atoms with Gasteiger partial charge in [0.1, 0.15) is 28.6 Å². The van der Waals surface area contributed by atoms with Crippen LogP contribution in [-0.2, 0) is 41.9 Å². The maximum absolute atomic E-state index is 13.9. The zero-order chi connectivity index (χ0) is 48.1. The molecule has 4 aromatic rings. The number of alkyl carbamates (subject to hydrolysis) is 2. The second kappa shape index (κ2) is 18.7. The number of nitrogens with zero attached hydrogens (tertiary/aromatic N) is 4. The minimum absolute atomic E-state index is 0.0834. The summed E-state index contributed by atoms with van der Waals surface area (Å²) in [4.78, 5) is 63.6. The zero-order valence-corrected chi connectivity index (χ0v) is 40.5. The Morgan fingerprint density at radius 3 is 1.82 bits per heavy atom. The molecule has 0 radical (unpaired) electrons. The van der Waals surface area contributed by atoms with Gasteiger partial charge in [0.25, 0.3) is 10.0 Å². The number of anilines is 1. The van der Waals surface area contributed by atoms with Crippen molar-refractivity contribution in [2.24, 2.45) is 21.6 Å². The number of sulfonamides is 1. The number of fused-ring (bicyclic) bond motifs is 2. The molecule has 5 aliphatic rings. The van der Waals surface area contributed by atoms with E-state index in [0.29, 0.717) is 37.4 Å². The van der Waals surface area contributed by atoms with Gasteiger partial charge in [-0.1, -0.05) is 83.0 Å². The van der Waals surface area contributed by atoms with Gasteiger partial charge in [-0.3, -0.25) is 9.59 Å². The molecular weight excluding hydrogens is 885 g/mol. The van der Waals surface area contributed by atoms with Crippen LogP contribution < -0.4 is 16.0 Å². The fourth-order valence-corrected chi connectivity index (χ4v) is 12.5. The number of likely N-dealkylation sites (tertiary alicyclic amines) is 2. The molecule has 9 rings (SSSR count). The maximum Gasteiger partial charge on any atom is 0.407 e. The van der Waals surface area contributed by atoms with Crippen LogP contribution >= 0.6 is 0 Å². The molecule has 1 spiro atoms. The Morgan fingerprint density at radius 1 is 0.721 bits per heavy atom. The van der Waals surface area contributed by atoms with Crippen LogP contribution in [0.4, 0.5) is 15.3 Å². The van der Waals surface area contributed by atoms with Gasteiger partial charge in [0, 0.05) is 13.1 Å². The second-order valence-electron chi connectivity index (χ2n) is 19.8. The lowest BCUT2D eigenvalue weighted by Gasteiger charge is -2.32. The first kappa shape index (κ1) is 46.9. The molecule has 68 heavy (non-hydrogen) atoms. The van der Waals surface area contributed by atoms with Crippen molar-refractivity contribution in [1.82, 2.24) is 30.4 Å². The number of carbonyl (C=O) groups excluding carboxylic acids is 4. The minimum Gasteiger partial charge on any atom is -0.453 e. The van der Waals surface area contributed by atoms with Crippen LogP contribution in [0, 0.1) is 17.3 Å². The van der Waals surface area contributed by atoms with Gasteiger partial charge in [-0.2, -0.15) is 8.42 Å². The molecule has 4 heterocycles. The lowest BCUT2D eigenvalue weighted by Crippen LogP contribution is -2.54. The van der Waals surface area contributed by atoms with Crippen LogP contribution in [-0.4, -0.2) is 103 Å². The molecule has 3 aliphatic heterocycles. The van der Waals surface area contributed by atoms with E-state index in [-0.39, 0.29) is 45.8 Å². The SMILES string of the molecule is COC(=O)N[C@H](C(=O)N1CCC[C@H]1C1=NS(=O)(=O)c2ccc(-c3ccc(-c4ccc(-c5cnc([C@@H]6CCCN6C(=O)[C@@H](NC(=O)OC)C(C)C)[nH]5)cc4)c4c3CC3(CCCC3)C4)cc2N1)C(C)C. The van der Waals surface area contributed by atoms with Crippen molar-refractivity contribution < 1.29 is 37.1 Å². The highest BCUT2D eigenvalue weighted by Gasteiger charge is 2.43. The summed E-state index contributed by atoms with van der Waals surface area (Å²) in [6, 6.07) is 15.9. The number of H-pyrrole nitrogens is 1. The molecule has 2 aliphatic carbocycles. The first-order valence-electron chi connectivity index (χ1n) is 24.0. The summed E-state index contributed by atoms with van der Waals surface area (Å²) >= 11 is 0. The van der Waals surface area contributed by atoms with E-state index >= 15 is 0 Å². The van der Waals surface area contributed by atoms with Crippen LogP contribution in [0.15, 0.2) is 70.1 Å². The fourth-order valence-electron chi connectivity index (χ4n) is 11.3. The number of amides is 4. The van der Waals surface area contributed by atoms with Crippen LogP contribution in [0.2, 0.25) is 0 Å². The van der Waals surface area contributed by atoms with E-state index in [1.807, 2.05) is 50.9 Å². The van der Waals surface area contributed by atoms with Crippen molar-refractivity contribution in [2.75, 3.05) is 32.6 Å². The number of ether oxygens (including phenoxy) is 2. The first-order chi connectivity index (χ1) is 32.6. The van der Waals surface area contributed by atoms with Gasteiger partial charge in [0.15, 0.2) is 0 Å². The van der Waals surface area contributed by atoms with Crippen LogP contribution in [0.5, 0.6) is 0 Å². The molecular formula is C51H62N8O8S. The summed E-state index contributed by atoms with van der Waals surface area (Å²) in [6.07, 6.45) is 9.90. The van der Waals surface area contributed by atoms with Gasteiger partial charge in [-0.15, -0.1) is 4.40 Å². The van der Waals surface area contributed by atoms with Crippen LogP contribution in [0.1, 0.15) is 102 Å². The number of imidazole rings is 1. The Labute approximate surface area is 398 Å². The van der Waals surface area contributed by atoms with Gasteiger partial charge < -0.3 is 40.2 Å². The van der Waals surface area contributed by atoms with Crippen molar-refractivity contribution in [3.8, 4) is 33.5 Å². The molecule has 360 valence electrons. The lowest BCUT2D eigenvalue weighted by molar-refractivity contribution is -0.135. The Morgan fingerprint density at radius 2 is 1.25 bits per heavy atom. The van der Waals surface area contributed by atoms with Crippen molar-refractivity contribution in [3.63, 3.8) is 0 Å². The monoisotopic (exact) mass is 946 g/mol. The summed E-state index contributed by atoms with van der Waals surface area (Å²) in [5.41, 5.74) is 9.32. The quantitative estimate of drug-likeness (QED) is 0.114. The summed E-state index contributed by atoms with van der Waals surface area (Å²) < 4.78 is 41.4. The van der Waals surface area contributed by atoms with Gasteiger partial charge in [-0.25, -0.2) is 14.6 Å². The average molecular weight is 947 g/mol. The third-order valence-electron chi connectivity index (χ3n) is 14.8. The predicted molar refractivity (Wildman–Crippen MR) is 258 cm³/mol. The molecule has 0 unspecified atom stereocenters. The summed E-state index contributed by atoms with van der Waals surface area (Å²) in [7, 11) is -1.56. The summed E-state index contributed by atoms with van der Waals surface area (Å²) in [5, 5.41) is 8.71. The Hall–Kier alpha value is -6.23. The normalized spacial score (nSPS) is 21.0. The van der Waals surface area contributed by atoms with Gasteiger partial charge in [-0.05, 0) is 120 Å². The number of rotatable bonds is 11. The number of aromatic amines is 1. The molecule has 1 aromatic heterocycles. The van der Waals surface area contributed by atoms with Crippen LogP contribution in [0.3, 0.4) is 0 Å². The standard InChI is InChI=1S/C51H62N8O8S/c1-29(2)43(55-49(62)66-5)47(60)58-23-9-11-40(58)45-52-28-39(54-45)32-15-13-31(14-16-32)34-18-19-35(37-27-51(26-36(34)37)21-7-8-22-51)33-17-20-42-38(25-33)53-46(57-68(42,64)65)41-12-10-24-59(41)48(61)44(30(3)4)56-50(63)67-6/h13-20,25,28-30,40-41,43-44H,7-12,21-24,26-27H2,1-6H3,(H,52,54)(H,53,57)(H,55,62)(H,56,63)/t40-,41-,43-,44-/m0/s1. The van der Waals surface area contributed by atoms with E-state index in [0.717, 1.165) is 53.6 Å². The molecule has 4 atom stereocenters. The third kappa shape index (κ3) is 8.85. The molecule has 17 heteroatoms. The third-order valence-corrected chi connectivity index (χ3v) is 16.2. The smallest absolute Gasteiger partial charge is 0.407 e. The van der Waals surface area contributed by atoms with Gasteiger partial charge in [0.2, 0.25) is 11.8 Å². The molecule has 0 bridgehead atoms. The van der Waals surface area contributed by atoms with E-state index in [4.69, 9.17) is 14.5 Å². The number of amidine groups is 1. The Kier molecular flexibility index (Phi) is 12.9. The highest BCUT2D eigenvalue weighted by molar-refractivity contribution is 7.90. The molecule has 3 fully saturated rings. The van der Waals surface area contributed by atoms with Gasteiger partial charge in [0.05, 0.1) is 43.9 Å². The average Bonchev–Trinajstić information content (AvgIpc) is 4.19. The van der Waals surface area contributed by atoms with Crippen molar-refractivity contribution in [2.45, 2.75) is 121 Å². The molecule has 4 N–H and O–H groups in total. The lowest BCUT2D eigenvalue weighted by atomic mass is 9.82. The van der Waals surface area contributed by atoms with E-state index in [9.17, 15) is 27.6 Å². The van der Waals surface area contributed by atoms with E-state index < -0.39 is 40.3 Å². The van der Waals surface area contributed by atoms with Crippen molar-refractivity contribution in [3.05, 3.63) is 77.7 Å². The topological polar surface area (TPSA) is 204 Å².